The second-order valence-corrected chi connectivity index (χ2v) is 9.34. The molecule has 0 bridgehead atoms. The van der Waals surface area contributed by atoms with Gasteiger partial charge in [-0.05, 0) is 31.1 Å². The van der Waals surface area contributed by atoms with Crippen LogP contribution in [0.4, 0.5) is 0 Å². The van der Waals surface area contributed by atoms with E-state index in [0.29, 0.717) is 31.5 Å². The number of imidazole rings is 1. The summed E-state index contributed by atoms with van der Waals surface area (Å²) < 4.78 is 0. The lowest BCUT2D eigenvalue weighted by atomic mass is 10.0. The fourth-order valence-electron chi connectivity index (χ4n) is 3.95. The quantitative estimate of drug-likeness (QED) is 0.307. The Morgan fingerprint density at radius 3 is 2.45 bits per heavy atom. The number of carbonyl (C=O) groups is 4. The highest BCUT2D eigenvalue weighted by Crippen LogP contribution is 2.20. The van der Waals surface area contributed by atoms with Gasteiger partial charge < -0.3 is 31.4 Å². The van der Waals surface area contributed by atoms with Crippen molar-refractivity contribution >= 4 is 23.7 Å². The van der Waals surface area contributed by atoms with Gasteiger partial charge in [-0.2, -0.15) is 0 Å². The highest BCUT2D eigenvalue weighted by molar-refractivity contribution is 5.94. The van der Waals surface area contributed by atoms with Crippen LogP contribution in [0.1, 0.15) is 52.7 Å². The SMILES string of the molecule is CC(C)CC(N)C(=O)NC(Cc1cnc[nH]1)C(=O)NC(C(=O)N1CCCC1C(=O)O)C(C)C. The van der Waals surface area contributed by atoms with Gasteiger partial charge in [0, 0.05) is 24.9 Å². The number of aromatic nitrogens is 2. The maximum atomic E-state index is 13.2. The maximum Gasteiger partial charge on any atom is 0.326 e. The third-order valence-corrected chi connectivity index (χ3v) is 5.73. The first kappa shape index (κ1) is 26.3. The summed E-state index contributed by atoms with van der Waals surface area (Å²) in [6, 6.07) is -3.59. The third-order valence-electron chi connectivity index (χ3n) is 5.73. The summed E-state index contributed by atoms with van der Waals surface area (Å²) in [7, 11) is 0. The smallest absolute Gasteiger partial charge is 0.326 e. The molecule has 4 atom stereocenters. The number of aromatic amines is 1. The van der Waals surface area contributed by atoms with Crippen molar-refractivity contribution in [2.45, 2.75) is 77.5 Å². The van der Waals surface area contributed by atoms with Gasteiger partial charge in [-0.25, -0.2) is 9.78 Å². The number of carboxylic acid groups (broad SMARTS) is 1. The summed E-state index contributed by atoms with van der Waals surface area (Å²) in [6.07, 6.45) is 4.58. The van der Waals surface area contributed by atoms with E-state index >= 15 is 0 Å². The number of carbonyl (C=O) groups excluding carboxylic acids is 3. The molecule has 11 heteroatoms. The van der Waals surface area contributed by atoms with Crippen molar-refractivity contribution in [3.63, 3.8) is 0 Å². The lowest BCUT2D eigenvalue weighted by molar-refractivity contribution is -0.150. The van der Waals surface area contributed by atoms with E-state index < -0.39 is 47.9 Å². The van der Waals surface area contributed by atoms with Crippen LogP contribution >= 0.6 is 0 Å². The van der Waals surface area contributed by atoms with Crippen molar-refractivity contribution in [3.05, 3.63) is 18.2 Å². The Morgan fingerprint density at radius 2 is 1.91 bits per heavy atom. The minimum Gasteiger partial charge on any atom is -0.480 e. The molecule has 2 rings (SSSR count). The molecule has 1 aromatic heterocycles. The van der Waals surface area contributed by atoms with Gasteiger partial charge in [-0.15, -0.1) is 0 Å². The first-order valence-corrected chi connectivity index (χ1v) is 11.4. The second kappa shape index (κ2) is 11.8. The van der Waals surface area contributed by atoms with Crippen molar-refractivity contribution < 1.29 is 24.3 Å². The topological polar surface area (TPSA) is 171 Å². The largest absolute Gasteiger partial charge is 0.480 e. The average molecular weight is 465 g/mol. The molecule has 1 saturated heterocycles. The normalized spacial score (nSPS) is 18.8. The number of hydrogen-bond donors (Lipinski definition) is 5. The number of nitrogens with two attached hydrogens (primary N) is 1. The van der Waals surface area contributed by atoms with E-state index in [0.717, 1.165) is 0 Å². The Labute approximate surface area is 193 Å². The van der Waals surface area contributed by atoms with E-state index in [1.165, 1.54) is 11.2 Å². The molecule has 0 aliphatic carbocycles. The molecule has 1 fully saturated rings. The second-order valence-electron chi connectivity index (χ2n) is 9.34. The van der Waals surface area contributed by atoms with E-state index in [-0.39, 0.29) is 18.3 Å². The number of amides is 3. The van der Waals surface area contributed by atoms with Crippen molar-refractivity contribution in [1.82, 2.24) is 25.5 Å². The van der Waals surface area contributed by atoms with Crippen molar-refractivity contribution in [2.75, 3.05) is 6.54 Å². The highest BCUT2D eigenvalue weighted by Gasteiger charge is 2.39. The number of nitrogens with zero attached hydrogens (tertiary/aromatic N) is 2. The van der Waals surface area contributed by atoms with E-state index in [9.17, 15) is 24.3 Å². The number of aliphatic carboxylic acids is 1. The lowest BCUT2D eigenvalue weighted by Gasteiger charge is -2.30. The molecule has 6 N–H and O–H groups in total. The minimum absolute atomic E-state index is 0.131. The number of rotatable bonds is 11. The number of nitrogens with one attached hydrogen (secondary N) is 3. The summed E-state index contributed by atoms with van der Waals surface area (Å²) in [5.41, 5.74) is 6.61. The van der Waals surface area contributed by atoms with Crippen molar-refractivity contribution in [3.8, 4) is 0 Å². The number of carboxylic acids is 1. The zero-order valence-electron chi connectivity index (χ0n) is 19.7. The molecule has 4 unspecified atom stereocenters. The molecule has 0 spiro atoms. The summed E-state index contributed by atoms with van der Waals surface area (Å²) in [4.78, 5) is 58.7. The van der Waals surface area contributed by atoms with Crippen LogP contribution in [0, 0.1) is 11.8 Å². The van der Waals surface area contributed by atoms with Gasteiger partial charge >= 0.3 is 5.97 Å². The summed E-state index contributed by atoms with van der Waals surface area (Å²) in [5.74, 6) is -2.59. The summed E-state index contributed by atoms with van der Waals surface area (Å²) in [5, 5.41) is 14.9. The van der Waals surface area contributed by atoms with Crippen LogP contribution in [-0.4, -0.2) is 74.4 Å². The van der Waals surface area contributed by atoms with E-state index in [2.05, 4.69) is 20.6 Å². The monoisotopic (exact) mass is 464 g/mol. The van der Waals surface area contributed by atoms with Gasteiger partial charge in [0.25, 0.3) is 0 Å². The third kappa shape index (κ3) is 7.28. The Hall–Kier alpha value is -2.95. The number of likely N-dealkylation sites (tertiary alicyclic amines) is 1. The fraction of sp³-hybridized carbons (Fsp3) is 0.682. The van der Waals surface area contributed by atoms with Crippen molar-refractivity contribution in [2.24, 2.45) is 17.6 Å². The van der Waals surface area contributed by atoms with E-state index in [1.54, 1.807) is 20.0 Å². The summed E-state index contributed by atoms with van der Waals surface area (Å²) >= 11 is 0. The molecule has 0 aromatic carbocycles. The predicted molar refractivity (Wildman–Crippen MR) is 121 cm³/mol. The summed E-state index contributed by atoms with van der Waals surface area (Å²) in [6.45, 7) is 7.77. The Kier molecular flexibility index (Phi) is 9.39. The number of hydrogen-bond acceptors (Lipinski definition) is 6. The minimum atomic E-state index is -1.06. The van der Waals surface area contributed by atoms with Crippen molar-refractivity contribution in [1.29, 1.82) is 0 Å². The molecule has 3 amide bonds. The molecule has 0 radical (unpaired) electrons. The molecule has 184 valence electrons. The maximum absolute atomic E-state index is 13.2. The zero-order valence-corrected chi connectivity index (χ0v) is 19.7. The van der Waals surface area contributed by atoms with Crippen LogP contribution in [0.25, 0.3) is 0 Å². The molecule has 0 saturated carbocycles. The van der Waals surface area contributed by atoms with Gasteiger partial charge in [0.05, 0.1) is 12.4 Å². The van der Waals surface area contributed by atoms with Crippen LogP contribution in [0.3, 0.4) is 0 Å². The van der Waals surface area contributed by atoms with E-state index in [1.807, 2.05) is 13.8 Å². The highest BCUT2D eigenvalue weighted by atomic mass is 16.4. The molecule has 33 heavy (non-hydrogen) atoms. The standard InChI is InChI=1S/C22H36N6O5/c1-12(2)8-15(23)19(29)26-16(9-14-10-24-11-25-14)20(30)27-18(13(3)4)21(31)28-7-5-6-17(28)22(32)33/h10-13,15-18H,5-9,23H2,1-4H3,(H,24,25)(H,26,29)(H,27,30)(H,32,33). The first-order valence-electron chi connectivity index (χ1n) is 11.4. The zero-order chi connectivity index (χ0) is 24.7. The number of H-pyrrole nitrogens is 1. The molecule has 1 aliphatic rings. The van der Waals surface area contributed by atoms with Crippen LogP contribution in [0.15, 0.2) is 12.5 Å². The van der Waals surface area contributed by atoms with Gasteiger partial charge in [0.2, 0.25) is 17.7 Å². The molecular formula is C22H36N6O5. The van der Waals surface area contributed by atoms with Gasteiger partial charge in [0.1, 0.15) is 18.1 Å². The lowest BCUT2D eigenvalue weighted by Crippen LogP contribution is -2.59. The Morgan fingerprint density at radius 1 is 1.21 bits per heavy atom. The molecular weight excluding hydrogens is 428 g/mol. The Balaban J connectivity index is 2.17. The van der Waals surface area contributed by atoms with Crippen LogP contribution in [-0.2, 0) is 25.6 Å². The van der Waals surface area contributed by atoms with Gasteiger partial charge in [-0.3, -0.25) is 14.4 Å². The molecule has 1 aliphatic heterocycles. The van der Waals surface area contributed by atoms with Crippen LogP contribution < -0.4 is 16.4 Å². The average Bonchev–Trinajstić information content (AvgIpc) is 3.41. The fourth-order valence-corrected chi connectivity index (χ4v) is 3.95. The first-order chi connectivity index (χ1) is 15.5. The van der Waals surface area contributed by atoms with Crippen LogP contribution in [0.5, 0.6) is 0 Å². The molecule has 2 heterocycles. The van der Waals surface area contributed by atoms with E-state index in [4.69, 9.17) is 5.73 Å². The molecule has 1 aromatic rings. The van der Waals surface area contributed by atoms with Gasteiger partial charge in [0.15, 0.2) is 0 Å². The molecule has 11 nitrogen and oxygen atoms in total. The predicted octanol–water partition coefficient (Wildman–Crippen LogP) is 0.0268. The van der Waals surface area contributed by atoms with Gasteiger partial charge in [-0.1, -0.05) is 27.7 Å². The Bertz CT molecular complexity index is 825. The van der Waals surface area contributed by atoms with Crippen LogP contribution in [0.2, 0.25) is 0 Å².